The number of nitrogens with two attached hydrogens (primary N) is 1. The predicted molar refractivity (Wildman–Crippen MR) is 92.9 cm³/mol. The Labute approximate surface area is 163 Å². The molecular weight excluding hydrogens is 395 g/mol. The third kappa shape index (κ3) is 4.82. The minimum absolute atomic E-state index is 0.00586. The average molecular weight is 415 g/mol. The van der Waals surface area contributed by atoms with Crippen LogP contribution in [-0.2, 0) is 16.1 Å². The zero-order valence-corrected chi connectivity index (χ0v) is 15.5. The summed E-state index contributed by atoms with van der Waals surface area (Å²) in [6.07, 6.45) is -3.16. The molecule has 2 amide bonds. The lowest BCUT2D eigenvalue weighted by Gasteiger charge is -2.29. The Morgan fingerprint density at radius 2 is 2.00 bits per heavy atom. The second kappa shape index (κ2) is 8.33. The third-order valence-corrected chi connectivity index (χ3v) is 4.66. The largest absolute Gasteiger partial charge is 0.522 e. The van der Waals surface area contributed by atoms with Crippen LogP contribution in [-0.4, -0.2) is 52.0 Å². The molecule has 158 valence electrons. The summed E-state index contributed by atoms with van der Waals surface area (Å²) in [5.41, 5.74) is 5.96. The van der Waals surface area contributed by atoms with Gasteiger partial charge in [-0.2, -0.15) is 5.10 Å². The number of nitrogens with one attached hydrogen (secondary N) is 1. The first-order valence-electron chi connectivity index (χ1n) is 8.90. The highest BCUT2D eigenvalue weighted by Gasteiger charge is 2.35. The SMILES string of the molecule is COCc1nn2c(C(=O)N[C@H]3CC[C@@H](OC(F)(F)F)CC3)ccnc2c1C(N)=O. The number of alkyl halides is 3. The van der Waals surface area contributed by atoms with Crippen molar-refractivity contribution in [1.82, 2.24) is 19.9 Å². The van der Waals surface area contributed by atoms with Crippen LogP contribution in [0.4, 0.5) is 13.2 Å². The molecule has 2 aromatic heterocycles. The number of methoxy groups -OCH3 is 1. The molecule has 29 heavy (non-hydrogen) atoms. The van der Waals surface area contributed by atoms with Crippen LogP contribution in [0.3, 0.4) is 0 Å². The molecule has 0 aromatic carbocycles. The highest BCUT2D eigenvalue weighted by atomic mass is 19.4. The Balaban J connectivity index is 1.75. The van der Waals surface area contributed by atoms with Crippen molar-refractivity contribution in [2.24, 2.45) is 5.73 Å². The number of halogens is 3. The molecule has 1 aliphatic carbocycles. The summed E-state index contributed by atoms with van der Waals surface area (Å²) < 4.78 is 47.2. The molecule has 0 spiro atoms. The monoisotopic (exact) mass is 415 g/mol. The average Bonchev–Trinajstić information content (AvgIpc) is 3.00. The summed E-state index contributed by atoms with van der Waals surface area (Å²) in [6.45, 7) is 0.00586. The van der Waals surface area contributed by atoms with Crippen LogP contribution in [0.25, 0.3) is 5.65 Å². The second-order valence-electron chi connectivity index (χ2n) is 6.70. The Hall–Kier alpha value is -2.73. The van der Waals surface area contributed by atoms with Crippen LogP contribution in [0, 0.1) is 0 Å². The Morgan fingerprint density at radius 1 is 1.31 bits per heavy atom. The molecule has 12 heteroatoms. The Bertz CT molecular complexity index is 906. The second-order valence-corrected chi connectivity index (χ2v) is 6.70. The molecule has 3 N–H and O–H groups in total. The number of primary amides is 1. The molecular formula is C17H20F3N5O4. The van der Waals surface area contributed by atoms with Gasteiger partial charge in [0.15, 0.2) is 5.65 Å². The van der Waals surface area contributed by atoms with E-state index in [1.165, 1.54) is 23.9 Å². The molecule has 2 heterocycles. The lowest BCUT2D eigenvalue weighted by Crippen LogP contribution is -2.40. The minimum atomic E-state index is -4.67. The zero-order valence-electron chi connectivity index (χ0n) is 15.5. The van der Waals surface area contributed by atoms with Crippen LogP contribution >= 0.6 is 0 Å². The molecule has 0 saturated heterocycles. The van der Waals surface area contributed by atoms with Crippen LogP contribution in [0.1, 0.15) is 52.2 Å². The summed E-state index contributed by atoms with van der Waals surface area (Å²) in [5.74, 6) is -1.24. The molecule has 0 atom stereocenters. The molecule has 0 unspecified atom stereocenters. The van der Waals surface area contributed by atoms with Crippen molar-refractivity contribution in [3.63, 3.8) is 0 Å². The topological polar surface area (TPSA) is 121 Å². The highest BCUT2D eigenvalue weighted by Crippen LogP contribution is 2.28. The van der Waals surface area contributed by atoms with Gasteiger partial charge in [0, 0.05) is 19.3 Å². The summed E-state index contributed by atoms with van der Waals surface area (Å²) >= 11 is 0. The molecule has 1 saturated carbocycles. The maximum Gasteiger partial charge on any atom is 0.522 e. The van der Waals surface area contributed by atoms with Crippen LogP contribution in [0.5, 0.6) is 0 Å². The summed E-state index contributed by atoms with van der Waals surface area (Å²) in [5, 5.41) is 7.00. The summed E-state index contributed by atoms with van der Waals surface area (Å²) in [6, 6.07) is 1.12. The number of carbonyl (C=O) groups is 2. The third-order valence-electron chi connectivity index (χ3n) is 4.66. The first kappa shape index (κ1) is 21.0. The van der Waals surface area contributed by atoms with E-state index in [2.05, 4.69) is 20.1 Å². The molecule has 2 aromatic rings. The van der Waals surface area contributed by atoms with Gasteiger partial charge in [-0.1, -0.05) is 0 Å². The lowest BCUT2D eigenvalue weighted by atomic mass is 9.93. The van der Waals surface area contributed by atoms with Gasteiger partial charge >= 0.3 is 6.36 Å². The fourth-order valence-electron chi connectivity index (χ4n) is 3.42. The van der Waals surface area contributed by atoms with Gasteiger partial charge in [-0.25, -0.2) is 9.50 Å². The van der Waals surface area contributed by atoms with Crippen molar-refractivity contribution in [3.05, 3.63) is 29.2 Å². The van der Waals surface area contributed by atoms with E-state index in [0.717, 1.165) is 0 Å². The van der Waals surface area contributed by atoms with E-state index >= 15 is 0 Å². The van der Waals surface area contributed by atoms with Crippen molar-refractivity contribution in [2.45, 2.75) is 50.8 Å². The highest BCUT2D eigenvalue weighted by molar-refractivity contribution is 6.01. The molecule has 9 nitrogen and oxygen atoms in total. The maximum absolute atomic E-state index is 12.7. The van der Waals surface area contributed by atoms with Crippen molar-refractivity contribution in [3.8, 4) is 0 Å². The van der Waals surface area contributed by atoms with E-state index in [1.807, 2.05) is 0 Å². The standard InChI is InChI=1S/C17H20F3N5O4/c1-28-8-11-13(14(21)26)15-22-7-6-12(25(15)24-11)16(27)23-9-2-4-10(5-3-9)29-17(18,19)20/h6-7,9-10H,2-5,8H2,1H3,(H2,21,26)(H,23,27)/t9-,10+. The quantitative estimate of drug-likeness (QED) is 0.739. The van der Waals surface area contributed by atoms with Crippen LogP contribution in [0.2, 0.25) is 0 Å². The predicted octanol–water partition coefficient (Wildman–Crippen LogP) is 1.55. The van der Waals surface area contributed by atoms with Crippen molar-refractivity contribution in [2.75, 3.05) is 7.11 Å². The smallest absolute Gasteiger partial charge is 0.378 e. The number of hydrogen-bond acceptors (Lipinski definition) is 6. The van der Waals surface area contributed by atoms with Crippen molar-refractivity contribution >= 4 is 17.5 Å². The Morgan fingerprint density at radius 3 is 2.59 bits per heavy atom. The number of aromatic nitrogens is 3. The fraction of sp³-hybridized carbons (Fsp3) is 0.529. The lowest BCUT2D eigenvalue weighted by molar-refractivity contribution is -0.345. The van der Waals surface area contributed by atoms with E-state index in [1.54, 1.807) is 0 Å². The first-order valence-corrected chi connectivity index (χ1v) is 8.90. The van der Waals surface area contributed by atoms with E-state index < -0.39 is 24.3 Å². The maximum atomic E-state index is 12.7. The number of nitrogens with zero attached hydrogens (tertiary/aromatic N) is 3. The van der Waals surface area contributed by atoms with Crippen LogP contribution < -0.4 is 11.1 Å². The van der Waals surface area contributed by atoms with Crippen molar-refractivity contribution in [1.29, 1.82) is 0 Å². The van der Waals surface area contributed by atoms with Crippen molar-refractivity contribution < 1.29 is 32.2 Å². The summed E-state index contributed by atoms with van der Waals surface area (Å²) in [4.78, 5) is 28.6. The molecule has 0 bridgehead atoms. The number of hydrogen-bond donors (Lipinski definition) is 2. The summed E-state index contributed by atoms with van der Waals surface area (Å²) in [7, 11) is 1.43. The number of ether oxygens (including phenoxy) is 2. The van der Waals surface area contributed by atoms with Crippen LogP contribution in [0.15, 0.2) is 12.3 Å². The van der Waals surface area contributed by atoms with Gasteiger partial charge in [-0.3, -0.25) is 14.3 Å². The minimum Gasteiger partial charge on any atom is -0.378 e. The van der Waals surface area contributed by atoms with Gasteiger partial charge in [0.25, 0.3) is 11.8 Å². The number of rotatable bonds is 6. The van der Waals surface area contributed by atoms with E-state index in [0.29, 0.717) is 12.8 Å². The van der Waals surface area contributed by atoms with Gasteiger partial charge in [0.2, 0.25) is 0 Å². The molecule has 0 radical (unpaired) electrons. The number of amides is 2. The molecule has 0 aliphatic heterocycles. The van der Waals surface area contributed by atoms with E-state index in [-0.39, 0.29) is 48.1 Å². The molecule has 1 aliphatic rings. The number of fused-ring (bicyclic) bond motifs is 1. The van der Waals surface area contributed by atoms with Gasteiger partial charge in [0.1, 0.15) is 17.0 Å². The first-order chi connectivity index (χ1) is 13.7. The van der Waals surface area contributed by atoms with E-state index in [4.69, 9.17) is 10.5 Å². The van der Waals surface area contributed by atoms with Gasteiger partial charge in [-0.15, -0.1) is 13.2 Å². The molecule has 1 fully saturated rings. The van der Waals surface area contributed by atoms with Gasteiger partial charge < -0.3 is 15.8 Å². The normalized spacial score (nSPS) is 20.0. The van der Waals surface area contributed by atoms with E-state index in [9.17, 15) is 22.8 Å². The fourth-order valence-corrected chi connectivity index (χ4v) is 3.42. The van der Waals surface area contributed by atoms with Gasteiger partial charge in [0.05, 0.1) is 12.7 Å². The zero-order chi connectivity index (χ0) is 21.2. The number of carbonyl (C=O) groups excluding carboxylic acids is 2. The molecule has 3 rings (SSSR count). The Kier molecular flexibility index (Phi) is 6.03. The van der Waals surface area contributed by atoms with Gasteiger partial charge in [-0.05, 0) is 31.7 Å².